The van der Waals surface area contributed by atoms with Crippen LogP contribution in [0, 0.1) is 20.8 Å². The summed E-state index contributed by atoms with van der Waals surface area (Å²) in [6, 6.07) is 13.0. The lowest BCUT2D eigenvalue weighted by Crippen LogP contribution is -2.20. The quantitative estimate of drug-likeness (QED) is 0.697. The van der Waals surface area contributed by atoms with Crippen LogP contribution in [0.25, 0.3) is 0 Å². The zero-order valence-corrected chi connectivity index (χ0v) is 13.1. The molecule has 2 aromatic carbocycles. The van der Waals surface area contributed by atoms with Crippen molar-refractivity contribution in [2.24, 2.45) is 5.10 Å². The molecule has 0 aromatic heterocycles. The van der Waals surface area contributed by atoms with Gasteiger partial charge in [-0.2, -0.15) is 13.5 Å². The highest BCUT2D eigenvalue weighted by atomic mass is 32.2. The van der Waals surface area contributed by atoms with E-state index in [0.29, 0.717) is 4.90 Å². The maximum absolute atomic E-state index is 12.4. The fraction of sp³-hybridized carbons (Fsp3) is 0.188. The number of aryl methyl sites for hydroxylation is 3. The average molecular weight is 302 g/mol. The third-order valence-corrected chi connectivity index (χ3v) is 4.59. The van der Waals surface area contributed by atoms with Gasteiger partial charge in [0, 0.05) is 0 Å². The van der Waals surface area contributed by atoms with Crippen LogP contribution in [0.15, 0.2) is 52.5 Å². The van der Waals surface area contributed by atoms with Crippen molar-refractivity contribution < 1.29 is 8.42 Å². The molecule has 4 nitrogen and oxygen atoms in total. The van der Waals surface area contributed by atoms with Crippen LogP contribution in [-0.4, -0.2) is 14.6 Å². The molecule has 0 spiro atoms. The van der Waals surface area contributed by atoms with Gasteiger partial charge in [0.2, 0.25) is 0 Å². The number of hydrogen-bond acceptors (Lipinski definition) is 3. The van der Waals surface area contributed by atoms with E-state index in [9.17, 15) is 8.42 Å². The van der Waals surface area contributed by atoms with Crippen LogP contribution in [0.5, 0.6) is 0 Å². The molecule has 2 rings (SSSR count). The molecule has 0 aliphatic rings. The van der Waals surface area contributed by atoms with Gasteiger partial charge in [0.15, 0.2) is 0 Å². The van der Waals surface area contributed by atoms with Crippen molar-refractivity contribution in [1.82, 2.24) is 4.83 Å². The standard InChI is InChI=1S/C16H18N2O2S/c1-12-9-13(2)16(14(3)10-12)21(19,20)18-17-11-15-7-5-4-6-8-15/h4-11,18H,1-3H3. The summed E-state index contributed by atoms with van der Waals surface area (Å²) < 4.78 is 24.7. The largest absolute Gasteiger partial charge is 0.277 e. The summed E-state index contributed by atoms with van der Waals surface area (Å²) in [5.74, 6) is 0. The van der Waals surface area contributed by atoms with Crippen molar-refractivity contribution in [2.45, 2.75) is 25.7 Å². The third-order valence-electron chi connectivity index (χ3n) is 3.06. The van der Waals surface area contributed by atoms with Crippen LogP contribution in [0.2, 0.25) is 0 Å². The number of benzene rings is 2. The third kappa shape index (κ3) is 3.70. The van der Waals surface area contributed by atoms with Gasteiger partial charge in [-0.15, -0.1) is 0 Å². The first kappa shape index (κ1) is 15.3. The molecule has 0 atom stereocenters. The molecule has 5 heteroatoms. The van der Waals surface area contributed by atoms with Crippen molar-refractivity contribution in [3.63, 3.8) is 0 Å². The molecule has 2 aromatic rings. The molecular weight excluding hydrogens is 284 g/mol. The molecule has 0 aliphatic heterocycles. The fourth-order valence-corrected chi connectivity index (χ4v) is 3.59. The average Bonchev–Trinajstić information content (AvgIpc) is 2.38. The summed E-state index contributed by atoms with van der Waals surface area (Å²) in [4.78, 5) is 2.56. The molecule has 0 aliphatic carbocycles. The van der Waals surface area contributed by atoms with Crippen molar-refractivity contribution in [3.8, 4) is 0 Å². The Balaban J connectivity index is 2.26. The SMILES string of the molecule is Cc1cc(C)c(S(=O)(=O)NN=Cc2ccccc2)c(C)c1. The van der Waals surface area contributed by atoms with Gasteiger partial charge in [0.1, 0.15) is 0 Å². The van der Waals surface area contributed by atoms with Crippen LogP contribution in [0.1, 0.15) is 22.3 Å². The van der Waals surface area contributed by atoms with Crippen molar-refractivity contribution >= 4 is 16.2 Å². The van der Waals surface area contributed by atoms with E-state index in [-0.39, 0.29) is 0 Å². The summed E-state index contributed by atoms with van der Waals surface area (Å²) in [7, 11) is -3.66. The summed E-state index contributed by atoms with van der Waals surface area (Å²) in [5, 5.41) is 3.83. The summed E-state index contributed by atoms with van der Waals surface area (Å²) in [6.07, 6.45) is 1.48. The van der Waals surface area contributed by atoms with Crippen molar-refractivity contribution in [2.75, 3.05) is 0 Å². The first-order valence-corrected chi connectivity index (χ1v) is 8.06. The van der Waals surface area contributed by atoms with E-state index in [1.807, 2.05) is 49.4 Å². The lowest BCUT2D eigenvalue weighted by molar-refractivity contribution is 0.583. The van der Waals surface area contributed by atoms with Gasteiger partial charge in [0.25, 0.3) is 10.0 Å². The predicted octanol–water partition coefficient (Wildman–Crippen LogP) is 2.92. The van der Waals surface area contributed by atoms with Gasteiger partial charge in [-0.25, -0.2) is 4.83 Å². The summed E-state index contributed by atoms with van der Waals surface area (Å²) >= 11 is 0. The Labute approximate surface area is 125 Å². The molecule has 0 radical (unpaired) electrons. The normalized spacial score (nSPS) is 11.8. The highest BCUT2D eigenvalue weighted by Gasteiger charge is 2.18. The van der Waals surface area contributed by atoms with Gasteiger partial charge < -0.3 is 0 Å². The second-order valence-corrected chi connectivity index (χ2v) is 6.59. The van der Waals surface area contributed by atoms with E-state index in [4.69, 9.17) is 0 Å². The van der Waals surface area contributed by atoms with E-state index in [2.05, 4.69) is 9.93 Å². The second-order valence-electron chi connectivity index (χ2n) is 4.99. The van der Waals surface area contributed by atoms with Crippen LogP contribution in [-0.2, 0) is 10.0 Å². The van der Waals surface area contributed by atoms with Gasteiger partial charge in [-0.1, -0.05) is 48.0 Å². The van der Waals surface area contributed by atoms with Crippen molar-refractivity contribution in [3.05, 3.63) is 64.7 Å². The number of rotatable bonds is 4. The number of hydrazone groups is 1. The zero-order chi connectivity index (χ0) is 15.5. The maximum Gasteiger partial charge on any atom is 0.277 e. The zero-order valence-electron chi connectivity index (χ0n) is 12.3. The molecule has 0 bridgehead atoms. The Kier molecular flexibility index (Phi) is 4.43. The minimum absolute atomic E-state index is 0.290. The first-order valence-electron chi connectivity index (χ1n) is 6.58. The lowest BCUT2D eigenvalue weighted by Gasteiger charge is -2.11. The maximum atomic E-state index is 12.4. The van der Waals surface area contributed by atoms with Gasteiger partial charge in [0.05, 0.1) is 11.1 Å². The monoisotopic (exact) mass is 302 g/mol. The molecule has 0 saturated carbocycles. The van der Waals surface area contributed by atoms with Gasteiger partial charge in [-0.05, 0) is 37.5 Å². The van der Waals surface area contributed by atoms with Crippen LogP contribution in [0.4, 0.5) is 0 Å². The summed E-state index contributed by atoms with van der Waals surface area (Å²) in [6.45, 7) is 5.52. The van der Waals surface area contributed by atoms with E-state index in [1.165, 1.54) is 6.21 Å². The second kappa shape index (κ2) is 6.10. The number of nitrogens with zero attached hydrogens (tertiary/aromatic N) is 1. The lowest BCUT2D eigenvalue weighted by atomic mass is 10.1. The first-order chi connectivity index (χ1) is 9.90. The highest BCUT2D eigenvalue weighted by molar-refractivity contribution is 7.89. The van der Waals surface area contributed by atoms with E-state index in [1.54, 1.807) is 13.8 Å². The van der Waals surface area contributed by atoms with Crippen LogP contribution < -0.4 is 4.83 Å². The molecule has 0 unspecified atom stereocenters. The minimum atomic E-state index is -3.66. The van der Waals surface area contributed by atoms with Crippen LogP contribution >= 0.6 is 0 Å². The Bertz CT molecular complexity index is 743. The molecular formula is C16H18N2O2S. The Morgan fingerprint density at radius 1 is 1.00 bits per heavy atom. The molecule has 110 valence electrons. The Morgan fingerprint density at radius 3 is 2.14 bits per heavy atom. The molecule has 0 saturated heterocycles. The summed E-state index contributed by atoms with van der Waals surface area (Å²) in [5.41, 5.74) is 3.30. The molecule has 0 fully saturated rings. The smallest absolute Gasteiger partial charge is 0.200 e. The topological polar surface area (TPSA) is 58.5 Å². The Hall–Kier alpha value is -2.14. The number of nitrogens with one attached hydrogen (secondary N) is 1. The molecule has 0 heterocycles. The molecule has 21 heavy (non-hydrogen) atoms. The van der Waals surface area contributed by atoms with Gasteiger partial charge >= 0.3 is 0 Å². The number of sulfonamides is 1. The minimum Gasteiger partial charge on any atom is -0.200 e. The van der Waals surface area contributed by atoms with Gasteiger partial charge in [-0.3, -0.25) is 0 Å². The van der Waals surface area contributed by atoms with E-state index < -0.39 is 10.0 Å². The molecule has 0 amide bonds. The number of hydrogen-bond donors (Lipinski definition) is 1. The predicted molar refractivity (Wildman–Crippen MR) is 85.0 cm³/mol. The fourth-order valence-electron chi connectivity index (χ4n) is 2.35. The van der Waals surface area contributed by atoms with E-state index >= 15 is 0 Å². The van der Waals surface area contributed by atoms with Crippen LogP contribution in [0.3, 0.4) is 0 Å². The van der Waals surface area contributed by atoms with E-state index in [0.717, 1.165) is 22.3 Å². The molecule has 1 N–H and O–H groups in total. The van der Waals surface area contributed by atoms with Crippen molar-refractivity contribution in [1.29, 1.82) is 0 Å². The highest BCUT2D eigenvalue weighted by Crippen LogP contribution is 2.21. The Morgan fingerprint density at radius 2 is 1.57 bits per heavy atom.